The van der Waals surface area contributed by atoms with Crippen molar-refractivity contribution in [2.45, 2.75) is 18.0 Å². The second kappa shape index (κ2) is 10.5. The van der Waals surface area contributed by atoms with E-state index in [-0.39, 0.29) is 24.5 Å². The summed E-state index contributed by atoms with van der Waals surface area (Å²) in [7, 11) is -3.91. The van der Waals surface area contributed by atoms with Crippen LogP contribution in [-0.4, -0.2) is 25.2 Å². The number of carbonyl (C=O) groups excluding carboxylic acids is 1. The molecule has 9 heteroatoms. The van der Waals surface area contributed by atoms with Gasteiger partial charge in [-0.3, -0.25) is 4.79 Å². The molecule has 0 saturated carbocycles. The van der Waals surface area contributed by atoms with E-state index in [9.17, 15) is 13.2 Å². The Morgan fingerprint density at radius 1 is 0.871 bits per heavy atom. The third-order valence-electron chi connectivity index (χ3n) is 4.46. The van der Waals surface area contributed by atoms with Gasteiger partial charge in [0, 0.05) is 28.2 Å². The first-order chi connectivity index (χ1) is 14.8. The fourth-order valence-electron chi connectivity index (χ4n) is 2.84. The number of benzene rings is 3. The molecule has 3 aromatic rings. The average molecular weight is 498 g/mol. The monoisotopic (exact) mass is 496 g/mol. The Bertz CT molecular complexity index is 1150. The van der Waals surface area contributed by atoms with E-state index in [1.54, 1.807) is 60.7 Å². The van der Waals surface area contributed by atoms with Gasteiger partial charge in [-0.2, -0.15) is 4.31 Å². The Labute approximate surface area is 196 Å². The van der Waals surface area contributed by atoms with E-state index in [1.807, 2.05) is 0 Å². The van der Waals surface area contributed by atoms with Crippen LogP contribution in [0.1, 0.15) is 11.1 Å². The lowest BCUT2D eigenvalue weighted by Gasteiger charge is -2.22. The largest absolute Gasteiger partial charge is 0.351 e. The van der Waals surface area contributed by atoms with Gasteiger partial charge in [0.1, 0.15) is 0 Å². The van der Waals surface area contributed by atoms with Gasteiger partial charge in [-0.25, -0.2) is 8.42 Å². The number of amides is 1. The summed E-state index contributed by atoms with van der Waals surface area (Å²) in [5.74, 6) is -0.459. The number of rotatable bonds is 8. The average Bonchev–Trinajstić information content (AvgIpc) is 2.75. The Hall–Kier alpha value is -2.09. The van der Waals surface area contributed by atoms with Gasteiger partial charge in [0.15, 0.2) is 0 Å². The molecule has 0 aliphatic rings. The molecule has 0 aliphatic heterocycles. The van der Waals surface area contributed by atoms with Crippen LogP contribution in [0.25, 0.3) is 0 Å². The summed E-state index contributed by atoms with van der Waals surface area (Å²) in [6.07, 6.45) is 0. The maximum absolute atomic E-state index is 13.2. The lowest BCUT2D eigenvalue weighted by molar-refractivity contribution is -0.121. The summed E-state index contributed by atoms with van der Waals surface area (Å²) in [5, 5.41) is 4.16. The summed E-state index contributed by atoms with van der Waals surface area (Å²) >= 11 is 18.0. The molecular weight excluding hydrogens is 479 g/mol. The third kappa shape index (κ3) is 6.45. The first-order valence-corrected chi connectivity index (χ1v) is 11.8. The molecule has 3 aromatic carbocycles. The molecule has 0 aliphatic carbocycles. The van der Waals surface area contributed by atoms with E-state index >= 15 is 0 Å². The first-order valence-electron chi connectivity index (χ1n) is 9.26. The highest BCUT2D eigenvalue weighted by atomic mass is 35.5. The van der Waals surface area contributed by atoms with E-state index in [0.717, 1.165) is 4.31 Å². The van der Waals surface area contributed by atoms with E-state index in [0.29, 0.717) is 26.2 Å². The Balaban J connectivity index is 1.78. The van der Waals surface area contributed by atoms with E-state index < -0.39 is 15.9 Å². The number of hydrogen-bond donors (Lipinski definition) is 1. The smallest absolute Gasteiger partial charge is 0.243 e. The van der Waals surface area contributed by atoms with Crippen molar-refractivity contribution in [3.63, 3.8) is 0 Å². The Morgan fingerprint density at radius 2 is 1.52 bits per heavy atom. The first kappa shape index (κ1) is 23.6. The normalized spacial score (nSPS) is 11.5. The summed E-state index contributed by atoms with van der Waals surface area (Å²) in [4.78, 5) is 12.7. The number of sulfonamides is 1. The highest BCUT2D eigenvalue weighted by Gasteiger charge is 2.26. The number of hydrogen-bond acceptors (Lipinski definition) is 3. The van der Waals surface area contributed by atoms with Gasteiger partial charge in [-0.15, -0.1) is 0 Å². The Kier molecular flexibility index (Phi) is 7.97. The van der Waals surface area contributed by atoms with E-state index in [1.165, 1.54) is 12.1 Å². The number of carbonyl (C=O) groups is 1. The zero-order valence-electron chi connectivity index (χ0n) is 16.3. The molecule has 0 spiro atoms. The van der Waals surface area contributed by atoms with Crippen LogP contribution in [0.4, 0.5) is 0 Å². The molecule has 0 radical (unpaired) electrons. The molecule has 0 heterocycles. The summed E-state index contributed by atoms with van der Waals surface area (Å²) < 4.78 is 27.5. The van der Waals surface area contributed by atoms with Gasteiger partial charge < -0.3 is 5.32 Å². The van der Waals surface area contributed by atoms with Crippen molar-refractivity contribution in [1.82, 2.24) is 9.62 Å². The molecular formula is C22H19Cl3N2O3S. The fourth-order valence-corrected chi connectivity index (χ4v) is 4.84. The molecule has 1 N–H and O–H groups in total. The fraction of sp³-hybridized carbons (Fsp3) is 0.136. The highest BCUT2D eigenvalue weighted by molar-refractivity contribution is 7.89. The van der Waals surface area contributed by atoms with Crippen molar-refractivity contribution in [1.29, 1.82) is 0 Å². The molecule has 0 fully saturated rings. The molecule has 31 heavy (non-hydrogen) atoms. The van der Waals surface area contributed by atoms with Crippen LogP contribution >= 0.6 is 34.8 Å². The number of halogens is 3. The lowest BCUT2D eigenvalue weighted by atomic mass is 10.2. The molecule has 0 unspecified atom stereocenters. The van der Waals surface area contributed by atoms with Gasteiger partial charge in [-0.1, -0.05) is 71.2 Å². The third-order valence-corrected chi connectivity index (χ3v) is 7.11. The number of nitrogens with zero attached hydrogens (tertiary/aromatic N) is 1. The SMILES string of the molecule is O=C(CN(Cc1ccc(Cl)cc1)S(=O)(=O)c1ccccc1)NCc1ccc(Cl)cc1Cl. The van der Waals surface area contributed by atoms with Crippen molar-refractivity contribution >= 4 is 50.7 Å². The van der Waals surface area contributed by atoms with Crippen LogP contribution in [0.15, 0.2) is 77.7 Å². The standard InChI is InChI=1S/C22H19Cl3N2O3S/c23-18-9-6-16(7-10-18)14-27(31(29,30)20-4-2-1-3-5-20)15-22(28)26-13-17-8-11-19(24)12-21(17)25/h1-12H,13-15H2,(H,26,28). The molecule has 1 amide bonds. The van der Waals surface area contributed by atoms with Crippen LogP contribution in [0.5, 0.6) is 0 Å². The van der Waals surface area contributed by atoms with E-state index in [4.69, 9.17) is 34.8 Å². The van der Waals surface area contributed by atoms with Crippen molar-refractivity contribution in [2.75, 3.05) is 6.54 Å². The second-order valence-electron chi connectivity index (χ2n) is 6.73. The summed E-state index contributed by atoms with van der Waals surface area (Å²) in [6, 6.07) is 19.7. The van der Waals surface area contributed by atoms with Gasteiger partial charge in [0.2, 0.25) is 15.9 Å². The van der Waals surface area contributed by atoms with Gasteiger partial charge in [0.25, 0.3) is 0 Å². The molecule has 5 nitrogen and oxygen atoms in total. The Morgan fingerprint density at radius 3 is 2.16 bits per heavy atom. The molecule has 0 aromatic heterocycles. The van der Waals surface area contributed by atoms with Crippen LogP contribution < -0.4 is 5.32 Å². The van der Waals surface area contributed by atoms with Crippen molar-refractivity contribution in [3.05, 3.63) is 99.0 Å². The minimum absolute atomic E-state index is 0.0174. The molecule has 0 saturated heterocycles. The van der Waals surface area contributed by atoms with Crippen molar-refractivity contribution in [2.24, 2.45) is 0 Å². The molecule has 162 valence electrons. The number of nitrogens with one attached hydrogen (secondary N) is 1. The lowest BCUT2D eigenvalue weighted by Crippen LogP contribution is -2.40. The summed E-state index contributed by atoms with van der Waals surface area (Å²) in [6.45, 7) is -0.191. The van der Waals surface area contributed by atoms with Gasteiger partial charge in [-0.05, 0) is 47.5 Å². The zero-order chi connectivity index (χ0) is 22.4. The molecule has 3 rings (SSSR count). The predicted octanol–water partition coefficient (Wildman–Crippen LogP) is 5.15. The predicted molar refractivity (Wildman–Crippen MR) is 124 cm³/mol. The minimum Gasteiger partial charge on any atom is -0.351 e. The van der Waals surface area contributed by atoms with Crippen LogP contribution in [-0.2, 0) is 27.9 Å². The van der Waals surface area contributed by atoms with Crippen LogP contribution in [0.2, 0.25) is 15.1 Å². The van der Waals surface area contributed by atoms with Crippen LogP contribution in [0, 0.1) is 0 Å². The maximum Gasteiger partial charge on any atom is 0.243 e. The molecule has 0 bridgehead atoms. The van der Waals surface area contributed by atoms with E-state index in [2.05, 4.69) is 5.32 Å². The van der Waals surface area contributed by atoms with Gasteiger partial charge >= 0.3 is 0 Å². The van der Waals surface area contributed by atoms with Crippen molar-refractivity contribution in [3.8, 4) is 0 Å². The summed E-state index contributed by atoms with van der Waals surface area (Å²) in [5.41, 5.74) is 1.38. The topological polar surface area (TPSA) is 66.5 Å². The molecule has 0 atom stereocenters. The second-order valence-corrected chi connectivity index (χ2v) is 9.94. The van der Waals surface area contributed by atoms with Crippen molar-refractivity contribution < 1.29 is 13.2 Å². The van der Waals surface area contributed by atoms with Crippen LogP contribution in [0.3, 0.4) is 0 Å². The quantitative estimate of drug-likeness (QED) is 0.468. The zero-order valence-corrected chi connectivity index (χ0v) is 19.3. The highest BCUT2D eigenvalue weighted by Crippen LogP contribution is 2.21. The van der Waals surface area contributed by atoms with Gasteiger partial charge in [0.05, 0.1) is 11.4 Å². The minimum atomic E-state index is -3.91. The maximum atomic E-state index is 13.2.